The van der Waals surface area contributed by atoms with Crippen LogP contribution in [-0.2, 0) is 0 Å². The van der Waals surface area contributed by atoms with Crippen molar-refractivity contribution in [2.45, 2.75) is 30.9 Å². The highest BCUT2D eigenvalue weighted by Crippen LogP contribution is 2.30. The van der Waals surface area contributed by atoms with Crippen LogP contribution in [0.25, 0.3) is 0 Å². The Labute approximate surface area is 104 Å². The highest BCUT2D eigenvalue weighted by Gasteiger charge is 2.18. The van der Waals surface area contributed by atoms with Crippen molar-refractivity contribution in [3.05, 3.63) is 29.6 Å². The summed E-state index contributed by atoms with van der Waals surface area (Å²) in [6, 6.07) is 3.48. The molecule has 0 amide bonds. The van der Waals surface area contributed by atoms with Crippen LogP contribution in [0.15, 0.2) is 18.2 Å². The Morgan fingerprint density at radius 1 is 1.41 bits per heavy atom. The van der Waals surface area contributed by atoms with Gasteiger partial charge in [0.1, 0.15) is 11.6 Å². The van der Waals surface area contributed by atoms with E-state index in [0.717, 1.165) is 25.0 Å². The fraction of sp³-hybridized carbons (Fsp3) is 0.462. The van der Waals surface area contributed by atoms with Crippen molar-refractivity contribution < 1.29 is 14.3 Å². The molecular weight excluding hydrogens is 239 g/mol. The van der Waals surface area contributed by atoms with Gasteiger partial charge in [-0.2, -0.15) is 11.8 Å². The smallest absolute Gasteiger partial charge is 0.176 e. The van der Waals surface area contributed by atoms with Crippen LogP contribution in [0.1, 0.15) is 36.0 Å². The summed E-state index contributed by atoms with van der Waals surface area (Å²) < 4.78 is 13.0. The van der Waals surface area contributed by atoms with E-state index in [2.05, 4.69) is 0 Å². The van der Waals surface area contributed by atoms with Gasteiger partial charge < -0.3 is 5.11 Å². The van der Waals surface area contributed by atoms with E-state index in [1.807, 2.05) is 0 Å². The highest BCUT2D eigenvalue weighted by molar-refractivity contribution is 8.00. The van der Waals surface area contributed by atoms with Gasteiger partial charge in [0.2, 0.25) is 0 Å². The van der Waals surface area contributed by atoms with Crippen molar-refractivity contribution in [1.82, 2.24) is 0 Å². The minimum atomic E-state index is -0.489. The number of hydrogen-bond acceptors (Lipinski definition) is 3. The van der Waals surface area contributed by atoms with Crippen LogP contribution in [0.2, 0.25) is 0 Å². The third-order valence-electron chi connectivity index (χ3n) is 3.01. The molecule has 0 saturated heterocycles. The summed E-state index contributed by atoms with van der Waals surface area (Å²) in [6.45, 7) is 0. The second-order valence-corrected chi connectivity index (χ2v) is 5.59. The van der Waals surface area contributed by atoms with Crippen LogP contribution >= 0.6 is 11.8 Å². The van der Waals surface area contributed by atoms with Gasteiger partial charge in [-0.3, -0.25) is 4.79 Å². The molecule has 0 heterocycles. The lowest BCUT2D eigenvalue weighted by Gasteiger charge is -2.08. The molecule has 0 aromatic heterocycles. The van der Waals surface area contributed by atoms with Crippen LogP contribution in [-0.4, -0.2) is 21.9 Å². The van der Waals surface area contributed by atoms with Crippen LogP contribution in [0.5, 0.6) is 5.75 Å². The second kappa shape index (κ2) is 5.54. The van der Waals surface area contributed by atoms with Gasteiger partial charge in [0, 0.05) is 5.25 Å². The average molecular weight is 254 g/mol. The fourth-order valence-electron chi connectivity index (χ4n) is 2.06. The summed E-state index contributed by atoms with van der Waals surface area (Å²) in [5.74, 6) is -0.499. The monoisotopic (exact) mass is 254 g/mol. The number of aromatic hydroxyl groups is 1. The number of benzene rings is 1. The molecule has 1 N–H and O–H groups in total. The molecule has 2 rings (SSSR count). The first-order valence-electron chi connectivity index (χ1n) is 5.80. The second-order valence-electron chi connectivity index (χ2n) is 4.30. The predicted octanol–water partition coefficient (Wildman–Crippen LogP) is 3.39. The van der Waals surface area contributed by atoms with Crippen molar-refractivity contribution in [3.8, 4) is 5.75 Å². The van der Waals surface area contributed by atoms with Gasteiger partial charge in [0.25, 0.3) is 0 Å². The number of hydrogen-bond donors (Lipinski definition) is 1. The molecule has 1 aromatic rings. The molecule has 1 saturated carbocycles. The average Bonchev–Trinajstić information content (AvgIpc) is 2.82. The summed E-state index contributed by atoms with van der Waals surface area (Å²) in [5.41, 5.74) is 0.0931. The Morgan fingerprint density at radius 3 is 2.82 bits per heavy atom. The number of phenols is 1. The molecule has 0 atom stereocenters. The Hall–Kier alpha value is -1.03. The normalized spacial score (nSPS) is 16.3. The lowest BCUT2D eigenvalue weighted by molar-refractivity contribution is 0.101. The van der Waals surface area contributed by atoms with E-state index in [0.29, 0.717) is 11.0 Å². The van der Waals surface area contributed by atoms with Crippen LogP contribution in [0.3, 0.4) is 0 Å². The number of Topliss-reactive ketones (excluding diaryl/α,β-unsaturated/α-hetero) is 1. The molecule has 4 heteroatoms. The number of carbonyl (C=O) groups is 1. The first-order valence-corrected chi connectivity index (χ1v) is 6.85. The molecular formula is C13H15FO2S. The molecule has 1 aliphatic carbocycles. The van der Waals surface area contributed by atoms with Crippen molar-refractivity contribution in [3.63, 3.8) is 0 Å². The van der Waals surface area contributed by atoms with E-state index in [1.54, 1.807) is 11.8 Å². The minimum absolute atomic E-state index is 0.0931. The number of carbonyl (C=O) groups excluding carboxylic acids is 1. The standard InChI is InChI=1S/C13H15FO2S/c14-9-5-6-12(15)11(7-9)13(16)8-17-10-3-1-2-4-10/h5-7,10,15H,1-4,8H2. The van der Waals surface area contributed by atoms with Crippen LogP contribution in [0, 0.1) is 5.82 Å². The van der Waals surface area contributed by atoms with Crippen LogP contribution < -0.4 is 0 Å². The molecule has 0 unspecified atom stereocenters. The molecule has 17 heavy (non-hydrogen) atoms. The van der Waals surface area contributed by atoms with Gasteiger partial charge >= 0.3 is 0 Å². The number of rotatable bonds is 4. The van der Waals surface area contributed by atoms with E-state index in [1.165, 1.54) is 18.9 Å². The number of thioether (sulfide) groups is 1. The van der Waals surface area contributed by atoms with E-state index in [4.69, 9.17) is 0 Å². The minimum Gasteiger partial charge on any atom is -0.507 e. The van der Waals surface area contributed by atoms with Gasteiger partial charge in [0.05, 0.1) is 11.3 Å². The molecule has 2 nitrogen and oxygen atoms in total. The van der Waals surface area contributed by atoms with E-state index < -0.39 is 5.82 Å². The van der Waals surface area contributed by atoms with Gasteiger partial charge in [-0.15, -0.1) is 0 Å². The first-order chi connectivity index (χ1) is 8.16. The van der Waals surface area contributed by atoms with Crippen molar-refractivity contribution in [2.24, 2.45) is 0 Å². The third-order valence-corrected chi connectivity index (χ3v) is 4.38. The largest absolute Gasteiger partial charge is 0.507 e. The Kier molecular flexibility index (Phi) is 4.05. The van der Waals surface area contributed by atoms with Crippen LogP contribution in [0.4, 0.5) is 4.39 Å². The zero-order chi connectivity index (χ0) is 12.3. The Morgan fingerprint density at radius 2 is 2.12 bits per heavy atom. The summed E-state index contributed by atoms with van der Waals surface area (Å²) in [7, 11) is 0. The van der Waals surface area contributed by atoms with E-state index in [9.17, 15) is 14.3 Å². The summed E-state index contributed by atoms with van der Waals surface area (Å²) in [4.78, 5) is 11.8. The maximum atomic E-state index is 13.0. The Bertz CT molecular complexity index is 414. The van der Waals surface area contributed by atoms with Crippen molar-refractivity contribution in [2.75, 3.05) is 5.75 Å². The first kappa shape index (κ1) is 12.4. The summed E-state index contributed by atoms with van der Waals surface area (Å²) in [6.07, 6.45) is 4.79. The summed E-state index contributed by atoms with van der Waals surface area (Å²) >= 11 is 1.62. The lowest BCUT2D eigenvalue weighted by Crippen LogP contribution is -2.07. The SMILES string of the molecule is O=C(CSC1CCCC1)c1cc(F)ccc1O. The maximum absolute atomic E-state index is 13.0. The molecule has 1 aromatic carbocycles. The molecule has 0 bridgehead atoms. The molecule has 0 aliphatic heterocycles. The highest BCUT2D eigenvalue weighted by atomic mass is 32.2. The number of phenolic OH excluding ortho intramolecular Hbond substituents is 1. The number of ketones is 1. The Balaban J connectivity index is 1.96. The molecule has 0 radical (unpaired) electrons. The fourth-order valence-corrected chi connectivity index (χ4v) is 3.27. The maximum Gasteiger partial charge on any atom is 0.176 e. The molecule has 1 fully saturated rings. The summed E-state index contributed by atoms with van der Waals surface area (Å²) in [5, 5.41) is 10.1. The molecule has 1 aliphatic rings. The van der Waals surface area contributed by atoms with Crippen molar-refractivity contribution >= 4 is 17.5 Å². The zero-order valence-corrected chi connectivity index (χ0v) is 10.3. The van der Waals surface area contributed by atoms with Crippen molar-refractivity contribution in [1.29, 1.82) is 0 Å². The van der Waals surface area contributed by atoms with Gasteiger partial charge in [0.15, 0.2) is 5.78 Å². The third kappa shape index (κ3) is 3.22. The topological polar surface area (TPSA) is 37.3 Å². The van der Waals surface area contributed by atoms with E-state index >= 15 is 0 Å². The van der Waals surface area contributed by atoms with Gasteiger partial charge in [-0.1, -0.05) is 12.8 Å². The lowest BCUT2D eigenvalue weighted by atomic mass is 10.1. The van der Waals surface area contributed by atoms with Gasteiger partial charge in [-0.25, -0.2) is 4.39 Å². The van der Waals surface area contributed by atoms with Gasteiger partial charge in [-0.05, 0) is 31.0 Å². The predicted molar refractivity (Wildman–Crippen MR) is 67.1 cm³/mol. The zero-order valence-electron chi connectivity index (χ0n) is 9.49. The molecule has 92 valence electrons. The molecule has 0 spiro atoms. The number of halogens is 1. The van der Waals surface area contributed by atoms with E-state index in [-0.39, 0.29) is 17.1 Å². The quantitative estimate of drug-likeness (QED) is 0.837.